The van der Waals surface area contributed by atoms with E-state index in [1.54, 1.807) is 24.5 Å². The maximum atomic E-state index is 11.8. The fourth-order valence-corrected chi connectivity index (χ4v) is 3.09. The van der Waals surface area contributed by atoms with E-state index in [2.05, 4.69) is 23.8 Å². The van der Waals surface area contributed by atoms with Crippen LogP contribution in [0.3, 0.4) is 0 Å². The molecule has 0 aliphatic heterocycles. The van der Waals surface area contributed by atoms with Gasteiger partial charge in [-0.1, -0.05) is 52.0 Å². The van der Waals surface area contributed by atoms with E-state index in [1.165, 1.54) is 25.3 Å². The molecular weight excluding hydrogens is 416 g/mol. The summed E-state index contributed by atoms with van der Waals surface area (Å²) >= 11 is 0. The standard InChI is InChI=1S/C27H38N2O4/c1-3-5-7-9-13-26(30)33-24-16-14-23(15-17-24)27-28-21-25(22-29-27)32-20-12-11-19-31-18-10-8-6-4-2/h9,13-17,21-22H,3-8,10-12,18-20H2,1-2H3/b13-9+. The van der Waals surface area contributed by atoms with Crippen LogP contribution in [0.15, 0.2) is 48.8 Å². The van der Waals surface area contributed by atoms with Gasteiger partial charge in [0.1, 0.15) is 5.75 Å². The van der Waals surface area contributed by atoms with E-state index in [-0.39, 0.29) is 5.97 Å². The molecule has 6 heteroatoms. The van der Waals surface area contributed by atoms with Crippen molar-refractivity contribution in [3.63, 3.8) is 0 Å². The number of aromatic nitrogens is 2. The molecule has 0 aliphatic rings. The molecule has 0 saturated heterocycles. The molecule has 0 bridgehead atoms. The summed E-state index contributed by atoms with van der Waals surface area (Å²) in [4.78, 5) is 20.6. The number of carbonyl (C=O) groups excluding carboxylic acids is 1. The number of allylic oxidation sites excluding steroid dienone is 1. The molecule has 0 atom stereocenters. The Labute approximate surface area is 198 Å². The number of ether oxygens (including phenoxy) is 3. The zero-order chi connectivity index (χ0) is 23.6. The predicted molar refractivity (Wildman–Crippen MR) is 131 cm³/mol. The van der Waals surface area contributed by atoms with Gasteiger partial charge in [-0.05, 0) is 49.9 Å². The van der Waals surface area contributed by atoms with Gasteiger partial charge in [0, 0.05) is 24.9 Å². The van der Waals surface area contributed by atoms with Crippen LogP contribution in [0.2, 0.25) is 0 Å². The molecule has 0 amide bonds. The average molecular weight is 455 g/mol. The van der Waals surface area contributed by atoms with Gasteiger partial charge in [0.15, 0.2) is 11.6 Å². The third-order valence-corrected chi connectivity index (χ3v) is 5.03. The second kappa shape index (κ2) is 16.8. The zero-order valence-corrected chi connectivity index (χ0v) is 20.1. The normalized spacial score (nSPS) is 11.1. The van der Waals surface area contributed by atoms with E-state index in [0.29, 0.717) is 23.9 Å². The molecule has 2 rings (SSSR count). The summed E-state index contributed by atoms with van der Waals surface area (Å²) in [5.41, 5.74) is 0.843. The molecule has 0 fully saturated rings. The van der Waals surface area contributed by atoms with Crippen LogP contribution < -0.4 is 9.47 Å². The third-order valence-electron chi connectivity index (χ3n) is 5.03. The lowest BCUT2D eigenvalue weighted by atomic mass is 10.2. The summed E-state index contributed by atoms with van der Waals surface area (Å²) in [5, 5.41) is 0. The molecule has 0 aliphatic carbocycles. The Kier molecular flexibility index (Phi) is 13.5. The SMILES string of the molecule is CCCC/C=C/C(=O)Oc1ccc(-c2ncc(OCCCCOCCCCCC)cn2)cc1. The van der Waals surface area contributed by atoms with Crippen molar-refractivity contribution in [3.05, 3.63) is 48.8 Å². The highest BCUT2D eigenvalue weighted by Gasteiger charge is 2.05. The van der Waals surface area contributed by atoms with Crippen molar-refractivity contribution in [2.45, 2.75) is 71.6 Å². The molecule has 6 nitrogen and oxygen atoms in total. The molecule has 2 aromatic rings. The molecule has 180 valence electrons. The number of benzene rings is 1. The summed E-state index contributed by atoms with van der Waals surface area (Å²) in [6, 6.07) is 7.16. The van der Waals surface area contributed by atoms with Crippen LogP contribution in [-0.2, 0) is 9.53 Å². The molecule has 0 spiro atoms. The van der Waals surface area contributed by atoms with Gasteiger partial charge < -0.3 is 14.2 Å². The first-order valence-electron chi connectivity index (χ1n) is 12.2. The maximum Gasteiger partial charge on any atom is 0.335 e. The fraction of sp³-hybridized carbons (Fsp3) is 0.519. The lowest BCUT2D eigenvalue weighted by Crippen LogP contribution is -2.03. The van der Waals surface area contributed by atoms with Crippen LogP contribution in [0.25, 0.3) is 11.4 Å². The number of carbonyl (C=O) groups is 1. The molecule has 1 heterocycles. The fourth-order valence-electron chi connectivity index (χ4n) is 3.09. The van der Waals surface area contributed by atoms with E-state index in [4.69, 9.17) is 14.2 Å². The Morgan fingerprint density at radius 2 is 1.48 bits per heavy atom. The first-order valence-corrected chi connectivity index (χ1v) is 12.2. The van der Waals surface area contributed by atoms with E-state index < -0.39 is 0 Å². The minimum Gasteiger partial charge on any atom is -0.490 e. The van der Waals surface area contributed by atoms with Crippen molar-refractivity contribution in [1.82, 2.24) is 9.97 Å². The van der Waals surface area contributed by atoms with E-state index in [9.17, 15) is 4.79 Å². The van der Waals surface area contributed by atoms with Crippen LogP contribution in [0.1, 0.15) is 71.6 Å². The minimum absolute atomic E-state index is 0.366. The molecule has 33 heavy (non-hydrogen) atoms. The highest BCUT2D eigenvalue weighted by molar-refractivity contribution is 5.84. The summed E-state index contributed by atoms with van der Waals surface area (Å²) in [5.74, 6) is 1.37. The average Bonchev–Trinajstić information content (AvgIpc) is 2.84. The number of unbranched alkanes of at least 4 members (excludes halogenated alkanes) is 6. The van der Waals surface area contributed by atoms with Crippen molar-refractivity contribution in [3.8, 4) is 22.9 Å². The molecule has 1 aromatic carbocycles. The topological polar surface area (TPSA) is 70.5 Å². The summed E-state index contributed by atoms with van der Waals surface area (Å²) in [6.07, 6.45) is 16.6. The van der Waals surface area contributed by atoms with Crippen LogP contribution in [0, 0.1) is 0 Å². The Morgan fingerprint density at radius 3 is 2.18 bits per heavy atom. The summed E-state index contributed by atoms with van der Waals surface area (Å²) < 4.78 is 16.7. The minimum atomic E-state index is -0.366. The zero-order valence-electron chi connectivity index (χ0n) is 20.1. The van der Waals surface area contributed by atoms with Crippen molar-refractivity contribution >= 4 is 5.97 Å². The highest BCUT2D eigenvalue weighted by Crippen LogP contribution is 2.20. The number of esters is 1. The Morgan fingerprint density at radius 1 is 0.818 bits per heavy atom. The number of nitrogens with zero attached hydrogens (tertiary/aromatic N) is 2. The first-order chi connectivity index (χ1) is 16.2. The summed E-state index contributed by atoms with van der Waals surface area (Å²) in [6.45, 7) is 6.59. The predicted octanol–water partition coefficient (Wildman–Crippen LogP) is 6.55. The first kappa shape index (κ1) is 26.5. The van der Waals surface area contributed by atoms with E-state index >= 15 is 0 Å². The number of hydrogen-bond donors (Lipinski definition) is 0. The lowest BCUT2D eigenvalue weighted by molar-refractivity contribution is -0.129. The second-order valence-electron chi connectivity index (χ2n) is 7.96. The van der Waals surface area contributed by atoms with Gasteiger partial charge in [-0.3, -0.25) is 0 Å². The van der Waals surface area contributed by atoms with Crippen LogP contribution in [0.4, 0.5) is 0 Å². The largest absolute Gasteiger partial charge is 0.490 e. The van der Waals surface area contributed by atoms with Gasteiger partial charge in [-0.2, -0.15) is 0 Å². The van der Waals surface area contributed by atoms with Crippen LogP contribution >= 0.6 is 0 Å². The van der Waals surface area contributed by atoms with Crippen molar-refractivity contribution in [1.29, 1.82) is 0 Å². The van der Waals surface area contributed by atoms with E-state index in [1.807, 2.05) is 18.2 Å². The van der Waals surface area contributed by atoms with Gasteiger partial charge in [-0.25, -0.2) is 14.8 Å². The molecule has 1 aromatic heterocycles. The van der Waals surface area contributed by atoms with Gasteiger partial charge in [0.25, 0.3) is 0 Å². The van der Waals surface area contributed by atoms with Gasteiger partial charge in [0.05, 0.1) is 19.0 Å². The highest BCUT2D eigenvalue weighted by atomic mass is 16.5. The number of rotatable bonds is 17. The third kappa shape index (κ3) is 11.6. The maximum absolute atomic E-state index is 11.8. The quantitative estimate of drug-likeness (QED) is 0.117. The summed E-state index contributed by atoms with van der Waals surface area (Å²) in [7, 11) is 0. The molecule has 0 saturated carbocycles. The molecule has 0 radical (unpaired) electrons. The van der Waals surface area contributed by atoms with Gasteiger partial charge in [0.2, 0.25) is 0 Å². The lowest BCUT2D eigenvalue weighted by Gasteiger charge is -2.07. The Bertz CT molecular complexity index is 804. The second-order valence-corrected chi connectivity index (χ2v) is 7.96. The van der Waals surface area contributed by atoms with Crippen molar-refractivity contribution in [2.75, 3.05) is 19.8 Å². The molecule has 0 N–H and O–H groups in total. The van der Waals surface area contributed by atoms with Crippen LogP contribution in [0.5, 0.6) is 11.5 Å². The van der Waals surface area contributed by atoms with Crippen LogP contribution in [-0.4, -0.2) is 35.8 Å². The van der Waals surface area contributed by atoms with Gasteiger partial charge in [-0.15, -0.1) is 0 Å². The monoisotopic (exact) mass is 454 g/mol. The van der Waals surface area contributed by atoms with Crippen molar-refractivity contribution < 1.29 is 19.0 Å². The number of hydrogen-bond acceptors (Lipinski definition) is 6. The Balaban J connectivity index is 1.66. The van der Waals surface area contributed by atoms with Crippen molar-refractivity contribution in [2.24, 2.45) is 0 Å². The molecule has 0 unspecified atom stereocenters. The molecular formula is C27H38N2O4. The van der Waals surface area contributed by atoms with Gasteiger partial charge >= 0.3 is 5.97 Å². The smallest absolute Gasteiger partial charge is 0.335 e. The Hall–Kier alpha value is -2.73. The van der Waals surface area contributed by atoms with E-state index in [0.717, 1.165) is 57.3 Å².